The van der Waals surface area contributed by atoms with Gasteiger partial charge in [0, 0.05) is 32.0 Å². The lowest BCUT2D eigenvalue weighted by Crippen LogP contribution is -2.14. The minimum atomic E-state index is 0.489. The van der Waals surface area contributed by atoms with Crippen LogP contribution in [0.25, 0.3) is 0 Å². The number of rotatable bonds is 6. The summed E-state index contributed by atoms with van der Waals surface area (Å²) < 4.78 is 1.91. The maximum atomic E-state index is 5.44. The van der Waals surface area contributed by atoms with Gasteiger partial charge in [0.05, 0.1) is 0 Å². The molecule has 1 aliphatic carbocycles. The van der Waals surface area contributed by atoms with Crippen molar-refractivity contribution in [2.45, 2.75) is 25.2 Å². The summed E-state index contributed by atoms with van der Waals surface area (Å²) in [5, 5.41) is 11.2. The molecule has 0 atom stereocenters. The van der Waals surface area contributed by atoms with Crippen LogP contribution in [-0.2, 0) is 13.5 Å². The second-order valence-corrected chi connectivity index (χ2v) is 4.95. The average Bonchev–Trinajstić information content (AvgIpc) is 3.23. The Balaban J connectivity index is 1.64. The molecule has 8 nitrogen and oxygen atoms in total. The molecular formula is C12H18N8. The normalized spacial score (nSPS) is 14.3. The van der Waals surface area contributed by atoms with E-state index in [1.165, 1.54) is 0 Å². The van der Waals surface area contributed by atoms with Crippen molar-refractivity contribution >= 4 is 11.6 Å². The van der Waals surface area contributed by atoms with E-state index >= 15 is 0 Å². The van der Waals surface area contributed by atoms with Gasteiger partial charge in [-0.15, -0.1) is 10.2 Å². The van der Waals surface area contributed by atoms with Gasteiger partial charge in [0.25, 0.3) is 0 Å². The molecule has 3 rings (SSSR count). The highest BCUT2D eigenvalue weighted by Gasteiger charge is 2.27. The van der Waals surface area contributed by atoms with E-state index in [4.69, 9.17) is 5.84 Å². The molecular weight excluding hydrogens is 256 g/mol. The van der Waals surface area contributed by atoms with Gasteiger partial charge in [0.15, 0.2) is 0 Å². The van der Waals surface area contributed by atoms with Crippen molar-refractivity contribution in [3.8, 4) is 0 Å². The fourth-order valence-corrected chi connectivity index (χ4v) is 1.99. The molecule has 0 spiro atoms. The Morgan fingerprint density at radius 1 is 1.35 bits per heavy atom. The van der Waals surface area contributed by atoms with Crippen LogP contribution in [0, 0.1) is 0 Å². The van der Waals surface area contributed by atoms with Crippen LogP contribution in [0.3, 0.4) is 0 Å². The fraction of sp³-hybridized carbons (Fsp3) is 0.500. The molecule has 106 valence electrons. The maximum absolute atomic E-state index is 5.44. The number of aromatic nitrogens is 5. The smallest absolute Gasteiger partial charge is 0.145 e. The topological polar surface area (TPSA) is 107 Å². The van der Waals surface area contributed by atoms with Crippen LogP contribution in [0.15, 0.2) is 12.4 Å². The Kier molecular flexibility index (Phi) is 3.46. The van der Waals surface area contributed by atoms with Crippen LogP contribution in [0.2, 0.25) is 0 Å². The lowest BCUT2D eigenvalue weighted by Gasteiger charge is -2.09. The molecule has 8 heteroatoms. The average molecular weight is 274 g/mol. The number of anilines is 2. The molecule has 0 saturated heterocycles. The standard InChI is InChI=1S/C12H18N8/c1-20-7-15-19-11(20)4-5-14-9-6-10(18-13)17-12(16-9)8-2-3-8/h6-8H,2-5,13H2,1H3,(H2,14,16,17,18). The Labute approximate surface area is 116 Å². The van der Waals surface area contributed by atoms with E-state index in [-0.39, 0.29) is 0 Å². The van der Waals surface area contributed by atoms with Gasteiger partial charge in [0.2, 0.25) is 0 Å². The predicted molar refractivity (Wildman–Crippen MR) is 75.0 cm³/mol. The minimum Gasteiger partial charge on any atom is -0.369 e. The molecule has 0 aromatic carbocycles. The summed E-state index contributed by atoms with van der Waals surface area (Å²) in [5.41, 5.74) is 2.59. The van der Waals surface area contributed by atoms with E-state index in [0.29, 0.717) is 11.7 Å². The van der Waals surface area contributed by atoms with Crippen molar-refractivity contribution in [3.63, 3.8) is 0 Å². The van der Waals surface area contributed by atoms with Crippen LogP contribution in [-0.4, -0.2) is 31.3 Å². The Bertz CT molecular complexity index is 589. The predicted octanol–water partition coefficient (Wildman–Crippen LogP) is 0.423. The number of nitrogen functional groups attached to an aromatic ring is 1. The lowest BCUT2D eigenvalue weighted by molar-refractivity contribution is 0.786. The maximum Gasteiger partial charge on any atom is 0.145 e. The summed E-state index contributed by atoms with van der Waals surface area (Å²) in [6.07, 6.45) is 4.80. The van der Waals surface area contributed by atoms with Gasteiger partial charge in [-0.2, -0.15) is 0 Å². The number of nitrogens with two attached hydrogens (primary N) is 1. The molecule has 1 fully saturated rings. The third kappa shape index (κ3) is 2.85. The van der Waals surface area contributed by atoms with Crippen LogP contribution < -0.4 is 16.6 Å². The molecule has 0 aliphatic heterocycles. The molecule has 2 aromatic heterocycles. The first-order valence-electron chi connectivity index (χ1n) is 6.68. The second-order valence-electron chi connectivity index (χ2n) is 4.95. The molecule has 20 heavy (non-hydrogen) atoms. The Hall–Kier alpha value is -2.22. The van der Waals surface area contributed by atoms with Gasteiger partial charge in [-0.3, -0.25) is 0 Å². The summed E-state index contributed by atoms with van der Waals surface area (Å²) in [6, 6.07) is 1.81. The van der Waals surface area contributed by atoms with E-state index in [1.807, 2.05) is 17.7 Å². The summed E-state index contributed by atoms with van der Waals surface area (Å²) >= 11 is 0. The number of hydrazine groups is 1. The van der Waals surface area contributed by atoms with Crippen LogP contribution in [0.4, 0.5) is 11.6 Å². The van der Waals surface area contributed by atoms with Gasteiger partial charge in [-0.1, -0.05) is 0 Å². The van der Waals surface area contributed by atoms with Crippen LogP contribution in [0.1, 0.15) is 30.4 Å². The van der Waals surface area contributed by atoms with Crippen LogP contribution >= 0.6 is 0 Å². The number of nitrogens with zero attached hydrogens (tertiary/aromatic N) is 5. The first-order chi connectivity index (χ1) is 9.76. The molecule has 0 radical (unpaired) electrons. The fourth-order valence-electron chi connectivity index (χ4n) is 1.99. The molecule has 0 unspecified atom stereocenters. The first kappa shape index (κ1) is 12.8. The largest absolute Gasteiger partial charge is 0.369 e. The van der Waals surface area contributed by atoms with Crippen molar-refractivity contribution in [2.24, 2.45) is 12.9 Å². The van der Waals surface area contributed by atoms with Gasteiger partial charge >= 0.3 is 0 Å². The molecule has 2 heterocycles. The highest BCUT2D eigenvalue weighted by atomic mass is 15.3. The highest BCUT2D eigenvalue weighted by Crippen LogP contribution is 2.38. The third-order valence-corrected chi connectivity index (χ3v) is 3.29. The number of aryl methyl sites for hydroxylation is 1. The van der Waals surface area contributed by atoms with Gasteiger partial charge < -0.3 is 15.3 Å². The van der Waals surface area contributed by atoms with Crippen molar-refractivity contribution < 1.29 is 0 Å². The number of hydrogen-bond donors (Lipinski definition) is 3. The van der Waals surface area contributed by atoms with Crippen molar-refractivity contribution in [1.29, 1.82) is 0 Å². The zero-order valence-corrected chi connectivity index (χ0v) is 11.4. The van der Waals surface area contributed by atoms with E-state index in [1.54, 1.807) is 6.33 Å². The zero-order chi connectivity index (χ0) is 13.9. The van der Waals surface area contributed by atoms with E-state index in [9.17, 15) is 0 Å². The van der Waals surface area contributed by atoms with Crippen molar-refractivity contribution in [1.82, 2.24) is 24.7 Å². The van der Waals surface area contributed by atoms with Gasteiger partial charge in [-0.25, -0.2) is 15.8 Å². The number of hydrogen-bond acceptors (Lipinski definition) is 7. The van der Waals surface area contributed by atoms with Crippen molar-refractivity contribution in [2.75, 3.05) is 17.3 Å². The number of nitrogens with one attached hydrogen (secondary N) is 2. The van der Waals surface area contributed by atoms with Crippen molar-refractivity contribution in [3.05, 3.63) is 24.0 Å². The molecule has 4 N–H and O–H groups in total. The molecule has 0 bridgehead atoms. The molecule has 1 aliphatic rings. The zero-order valence-electron chi connectivity index (χ0n) is 11.4. The second kappa shape index (κ2) is 5.41. The summed E-state index contributed by atoms with van der Waals surface area (Å²) in [7, 11) is 1.93. The van der Waals surface area contributed by atoms with E-state index in [0.717, 1.165) is 43.3 Å². The first-order valence-corrected chi connectivity index (χ1v) is 6.68. The molecule has 1 saturated carbocycles. The summed E-state index contributed by atoms with van der Waals surface area (Å²) in [6.45, 7) is 0.734. The SMILES string of the molecule is Cn1cnnc1CCNc1cc(NN)nc(C2CC2)n1. The van der Waals surface area contributed by atoms with Crippen LogP contribution in [0.5, 0.6) is 0 Å². The third-order valence-electron chi connectivity index (χ3n) is 3.29. The van der Waals surface area contributed by atoms with Gasteiger partial charge in [0.1, 0.15) is 29.6 Å². The lowest BCUT2D eigenvalue weighted by atomic mass is 10.3. The molecule has 0 amide bonds. The molecule has 2 aromatic rings. The van der Waals surface area contributed by atoms with E-state index in [2.05, 4.69) is 30.9 Å². The minimum absolute atomic E-state index is 0.489. The monoisotopic (exact) mass is 274 g/mol. The Morgan fingerprint density at radius 3 is 2.80 bits per heavy atom. The Morgan fingerprint density at radius 2 is 2.15 bits per heavy atom. The summed E-state index contributed by atoms with van der Waals surface area (Å²) in [4.78, 5) is 8.90. The van der Waals surface area contributed by atoms with E-state index < -0.39 is 0 Å². The van der Waals surface area contributed by atoms with Gasteiger partial charge in [-0.05, 0) is 12.8 Å². The highest BCUT2D eigenvalue weighted by molar-refractivity contribution is 5.47. The quantitative estimate of drug-likeness (QED) is 0.517. The summed E-state index contributed by atoms with van der Waals surface area (Å²) in [5.74, 6) is 9.16.